The maximum Gasteiger partial charge on any atom is 0.276 e. The molecule has 1 aromatic carbocycles. The summed E-state index contributed by atoms with van der Waals surface area (Å²) in [6.45, 7) is 2.49. The number of hydrogen-bond acceptors (Lipinski definition) is 4. The number of benzene rings is 1. The lowest BCUT2D eigenvalue weighted by Crippen LogP contribution is -2.32. The predicted octanol–water partition coefficient (Wildman–Crippen LogP) is 0.662. The third kappa shape index (κ3) is 2.79. The van der Waals surface area contributed by atoms with Crippen LogP contribution < -0.4 is 5.73 Å². The Balaban J connectivity index is 1.83. The fourth-order valence-corrected chi connectivity index (χ4v) is 2.68. The lowest BCUT2D eigenvalue weighted by molar-refractivity contribution is -0.121. The summed E-state index contributed by atoms with van der Waals surface area (Å²) in [5.74, 6) is -1.34. The Hall–Kier alpha value is -2.77. The fourth-order valence-electron chi connectivity index (χ4n) is 2.68. The summed E-state index contributed by atoms with van der Waals surface area (Å²) >= 11 is 0. The molecular weight excluding hydrogens is 301 g/mol. The lowest BCUT2D eigenvalue weighted by atomic mass is 10.1. The molecule has 0 spiro atoms. The molecule has 0 bridgehead atoms. The van der Waals surface area contributed by atoms with Crippen molar-refractivity contribution in [1.82, 2.24) is 19.9 Å². The van der Waals surface area contributed by atoms with Crippen molar-refractivity contribution < 1.29 is 14.0 Å². The van der Waals surface area contributed by atoms with Crippen LogP contribution in [0.4, 0.5) is 4.39 Å². The van der Waals surface area contributed by atoms with Crippen molar-refractivity contribution >= 4 is 11.8 Å². The van der Waals surface area contributed by atoms with Crippen molar-refractivity contribution in [2.75, 3.05) is 13.1 Å². The molecule has 0 aliphatic carbocycles. The molecule has 1 aromatic heterocycles. The smallest absolute Gasteiger partial charge is 0.276 e. The van der Waals surface area contributed by atoms with Crippen molar-refractivity contribution in [2.24, 2.45) is 11.7 Å². The highest BCUT2D eigenvalue weighted by Gasteiger charge is 2.32. The number of hydrogen-bond donors (Lipinski definition) is 1. The van der Waals surface area contributed by atoms with Crippen LogP contribution in [0.5, 0.6) is 0 Å². The molecule has 0 saturated carbocycles. The van der Waals surface area contributed by atoms with Crippen molar-refractivity contribution in [1.29, 1.82) is 0 Å². The minimum atomic E-state index is -0.396. The van der Waals surface area contributed by atoms with Crippen LogP contribution in [0, 0.1) is 18.7 Å². The molecule has 2 amide bonds. The van der Waals surface area contributed by atoms with E-state index in [2.05, 4.69) is 10.3 Å². The number of likely N-dealkylation sites (tertiary alicyclic amines) is 1. The van der Waals surface area contributed by atoms with E-state index in [9.17, 15) is 14.0 Å². The van der Waals surface area contributed by atoms with Crippen LogP contribution in [0.25, 0.3) is 5.69 Å². The number of rotatable bonds is 3. The molecule has 1 saturated heterocycles. The van der Waals surface area contributed by atoms with Crippen LogP contribution in [-0.2, 0) is 4.79 Å². The van der Waals surface area contributed by atoms with Crippen molar-refractivity contribution in [3.05, 3.63) is 41.5 Å². The first-order chi connectivity index (χ1) is 11.0. The molecule has 23 heavy (non-hydrogen) atoms. The summed E-state index contributed by atoms with van der Waals surface area (Å²) in [6.07, 6.45) is 0.562. The molecule has 0 radical (unpaired) electrons. The van der Waals surface area contributed by atoms with E-state index in [0.717, 1.165) is 0 Å². The van der Waals surface area contributed by atoms with Crippen LogP contribution in [0.2, 0.25) is 0 Å². The molecular formula is C15H16FN5O2. The second-order valence-electron chi connectivity index (χ2n) is 5.55. The third-order valence-electron chi connectivity index (χ3n) is 4.05. The molecule has 7 nitrogen and oxygen atoms in total. The molecule has 0 unspecified atom stereocenters. The van der Waals surface area contributed by atoms with Crippen LogP contribution >= 0.6 is 0 Å². The number of carbonyl (C=O) groups excluding carboxylic acids is 2. The van der Waals surface area contributed by atoms with E-state index >= 15 is 0 Å². The van der Waals surface area contributed by atoms with Gasteiger partial charge in [-0.15, -0.1) is 5.10 Å². The highest BCUT2D eigenvalue weighted by Crippen LogP contribution is 2.20. The quantitative estimate of drug-likeness (QED) is 0.900. The van der Waals surface area contributed by atoms with Gasteiger partial charge in [-0.3, -0.25) is 9.59 Å². The minimum Gasteiger partial charge on any atom is -0.369 e. The first-order valence-electron chi connectivity index (χ1n) is 7.24. The summed E-state index contributed by atoms with van der Waals surface area (Å²) in [7, 11) is 0. The molecule has 1 aliphatic rings. The topological polar surface area (TPSA) is 94.1 Å². The summed E-state index contributed by atoms with van der Waals surface area (Å²) in [6, 6.07) is 5.75. The van der Waals surface area contributed by atoms with E-state index in [1.807, 2.05) is 0 Å². The molecule has 1 atom stereocenters. The van der Waals surface area contributed by atoms with Gasteiger partial charge in [0.15, 0.2) is 5.69 Å². The zero-order valence-corrected chi connectivity index (χ0v) is 12.6. The van der Waals surface area contributed by atoms with E-state index in [1.165, 1.54) is 16.8 Å². The Labute approximate surface area is 131 Å². The average Bonchev–Trinajstić information content (AvgIpc) is 3.15. The largest absolute Gasteiger partial charge is 0.369 e. The van der Waals surface area contributed by atoms with Gasteiger partial charge in [-0.2, -0.15) is 0 Å². The highest BCUT2D eigenvalue weighted by atomic mass is 19.1. The van der Waals surface area contributed by atoms with Crippen LogP contribution in [0.1, 0.15) is 22.6 Å². The van der Waals surface area contributed by atoms with Gasteiger partial charge in [0.25, 0.3) is 5.91 Å². The standard InChI is InChI=1S/C15H16FN5O2/c1-9-13(15(23)20-7-6-10(8-20)14(17)22)18-19-21(9)12-4-2-11(16)3-5-12/h2-5,10H,6-8H2,1H3,(H2,17,22)/t10-/m1/s1. The van der Waals surface area contributed by atoms with Crippen molar-refractivity contribution in [3.63, 3.8) is 0 Å². The Morgan fingerprint density at radius 3 is 2.61 bits per heavy atom. The first-order valence-corrected chi connectivity index (χ1v) is 7.24. The zero-order valence-electron chi connectivity index (χ0n) is 12.6. The lowest BCUT2D eigenvalue weighted by Gasteiger charge is -2.14. The van der Waals surface area contributed by atoms with Gasteiger partial charge in [0.1, 0.15) is 5.82 Å². The Morgan fingerprint density at radius 2 is 2.00 bits per heavy atom. The number of primary amides is 1. The van der Waals surface area contributed by atoms with Gasteiger partial charge in [0.05, 0.1) is 17.3 Å². The van der Waals surface area contributed by atoms with E-state index in [-0.39, 0.29) is 23.3 Å². The molecule has 2 aromatic rings. The third-order valence-corrected chi connectivity index (χ3v) is 4.05. The van der Waals surface area contributed by atoms with E-state index < -0.39 is 5.91 Å². The number of nitrogens with zero attached hydrogens (tertiary/aromatic N) is 4. The molecule has 120 valence electrons. The van der Waals surface area contributed by atoms with E-state index in [1.54, 1.807) is 24.0 Å². The number of amides is 2. The molecule has 8 heteroatoms. The van der Waals surface area contributed by atoms with Crippen molar-refractivity contribution in [2.45, 2.75) is 13.3 Å². The normalized spacial score (nSPS) is 17.5. The Kier molecular flexibility index (Phi) is 3.81. The highest BCUT2D eigenvalue weighted by molar-refractivity contribution is 5.94. The second kappa shape index (κ2) is 5.79. The predicted molar refractivity (Wildman–Crippen MR) is 79.3 cm³/mol. The van der Waals surface area contributed by atoms with Gasteiger partial charge in [0.2, 0.25) is 5.91 Å². The summed E-state index contributed by atoms with van der Waals surface area (Å²) in [5, 5.41) is 7.91. The average molecular weight is 317 g/mol. The van der Waals surface area contributed by atoms with Crippen LogP contribution in [-0.4, -0.2) is 44.8 Å². The fraction of sp³-hybridized carbons (Fsp3) is 0.333. The monoisotopic (exact) mass is 317 g/mol. The molecule has 2 N–H and O–H groups in total. The molecule has 1 aliphatic heterocycles. The number of nitrogens with two attached hydrogens (primary N) is 1. The first kappa shape index (κ1) is 15.1. The van der Waals surface area contributed by atoms with Gasteiger partial charge >= 0.3 is 0 Å². The minimum absolute atomic E-state index is 0.222. The summed E-state index contributed by atoms with van der Waals surface area (Å²) in [5.41, 5.74) is 6.68. The van der Waals surface area contributed by atoms with Gasteiger partial charge in [-0.05, 0) is 37.6 Å². The van der Waals surface area contributed by atoms with Gasteiger partial charge in [0, 0.05) is 13.1 Å². The van der Waals surface area contributed by atoms with Crippen molar-refractivity contribution in [3.8, 4) is 5.69 Å². The molecule has 1 fully saturated rings. The summed E-state index contributed by atoms with van der Waals surface area (Å²) < 4.78 is 14.5. The SMILES string of the molecule is Cc1c(C(=O)N2CC[C@@H](C(N)=O)C2)nnn1-c1ccc(F)cc1. The molecule has 3 rings (SSSR count). The van der Waals surface area contributed by atoms with E-state index in [0.29, 0.717) is 30.9 Å². The van der Waals surface area contributed by atoms with Gasteiger partial charge in [-0.25, -0.2) is 9.07 Å². The van der Waals surface area contributed by atoms with E-state index in [4.69, 9.17) is 5.73 Å². The van der Waals surface area contributed by atoms with Crippen LogP contribution in [0.15, 0.2) is 24.3 Å². The van der Waals surface area contributed by atoms with Gasteiger partial charge < -0.3 is 10.6 Å². The zero-order chi connectivity index (χ0) is 16.6. The number of carbonyl (C=O) groups is 2. The number of halogens is 1. The van der Waals surface area contributed by atoms with Crippen LogP contribution in [0.3, 0.4) is 0 Å². The Bertz CT molecular complexity index is 756. The maximum absolute atomic E-state index is 13.0. The summed E-state index contributed by atoms with van der Waals surface area (Å²) in [4.78, 5) is 25.3. The maximum atomic E-state index is 13.0. The Morgan fingerprint density at radius 1 is 1.30 bits per heavy atom. The second-order valence-corrected chi connectivity index (χ2v) is 5.55. The number of aromatic nitrogens is 3. The molecule has 2 heterocycles. The van der Waals surface area contributed by atoms with Gasteiger partial charge in [-0.1, -0.05) is 5.21 Å².